The quantitative estimate of drug-likeness (QED) is 0.774. The molecule has 1 fully saturated rings. The summed E-state index contributed by atoms with van der Waals surface area (Å²) in [6.07, 6.45) is 0.648. The Morgan fingerprint density at radius 3 is 2.72 bits per heavy atom. The van der Waals surface area contributed by atoms with Crippen LogP contribution in [0.1, 0.15) is 26.7 Å². The predicted molar refractivity (Wildman–Crippen MR) is 72.5 cm³/mol. The Kier molecular flexibility index (Phi) is 5.95. The Bertz CT molecular complexity index is 310. The number of carboxylic acid groups (broad SMARTS) is 1. The van der Waals surface area contributed by atoms with Crippen molar-refractivity contribution in [3.8, 4) is 0 Å². The van der Waals surface area contributed by atoms with Gasteiger partial charge in [-0.1, -0.05) is 13.8 Å². The van der Waals surface area contributed by atoms with Gasteiger partial charge in [0.15, 0.2) is 0 Å². The van der Waals surface area contributed by atoms with Gasteiger partial charge in [0.1, 0.15) is 0 Å². The highest BCUT2D eigenvalue weighted by Crippen LogP contribution is 2.20. The van der Waals surface area contributed by atoms with Crippen LogP contribution in [-0.4, -0.2) is 52.0 Å². The molecular formula is C12H22N2O3S. The Morgan fingerprint density at radius 2 is 2.17 bits per heavy atom. The first-order valence-electron chi connectivity index (χ1n) is 6.27. The molecule has 5 nitrogen and oxygen atoms in total. The summed E-state index contributed by atoms with van der Waals surface area (Å²) < 4.78 is 0. The first-order valence-corrected chi connectivity index (χ1v) is 7.43. The van der Waals surface area contributed by atoms with Crippen LogP contribution in [0.15, 0.2) is 0 Å². The molecule has 104 valence electrons. The monoisotopic (exact) mass is 274 g/mol. The number of aliphatic carboxylic acids is 1. The molecule has 0 radical (unpaired) electrons. The van der Waals surface area contributed by atoms with Gasteiger partial charge >= 0.3 is 5.97 Å². The number of hydrogen-bond acceptors (Lipinski definition) is 4. The summed E-state index contributed by atoms with van der Waals surface area (Å²) in [4.78, 5) is 24.7. The van der Waals surface area contributed by atoms with E-state index in [1.54, 1.807) is 16.7 Å². The van der Waals surface area contributed by atoms with Crippen molar-refractivity contribution in [3.05, 3.63) is 0 Å². The molecule has 0 aromatic carbocycles. The lowest BCUT2D eigenvalue weighted by Gasteiger charge is -2.36. The number of thioether (sulfide) groups is 1. The van der Waals surface area contributed by atoms with E-state index >= 15 is 0 Å². The number of nitrogens with two attached hydrogens (primary N) is 1. The topological polar surface area (TPSA) is 83.6 Å². The fourth-order valence-electron chi connectivity index (χ4n) is 2.14. The van der Waals surface area contributed by atoms with E-state index in [4.69, 9.17) is 10.8 Å². The van der Waals surface area contributed by atoms with E-state index in [9.17, 15) is 9.59 Å². The average molecular weight is 274 g/mol. The normalized spacial score (nSPS) is 22.0. The van der Waals surface area contributed by atoms with Gasteiger partial charge in [0.05, 0.1) is 18.5 Å². The molecule has 0 spiro atoms. The molecule has 0 saturated carbocycles. The largest absolute Gasteiger partial charge is 0.481 e. The van der Waals surface area contributed by atoms with Crippen LogP contribution in [0.2, 0.25) is 0 Å². The lowest BCUT2D eigenvalue weighted by Crippen LogP contribution is -2.53. The van der Waals surface area contributed by atoms with E-state index in [-0.39, 0.29) is 18.4 Å². The molecule has 1 rings (SSSR count). The summed E-state index contributed by atoms with van der Waals surface area (Å²) in [5.74, 6) is 0.942. The summed E-state index contributed by atoms with van der Waals surface area (Å²) >= 11 is 1.69. The summed E-state index contributed by atoms with van der Waals surface area (Å²) in [6.45, 7) is 4.65. The number of hydrogen-bond donors (Lipinski definition) is 2. The minimum absolute atomic E-state index is 0.00708. The van der Waals surface area contributed by atoms with Crippen LogP contribution >= 0.6 is 11.8 Å². The van der Waals surface area contributed by atoms with E-state index in [0.717, 1.165) is 5.75 Å². The van der Waals surface area contributed by atoms with Gasteiger partial charge in [-0.25, -0.2) is 0 Å². The number of nitrogens with zero attached hydrogens (tertiary/aromatic N) is 1. The highest BCUT2D eigenvalue weighted by molar-refractivity contribution is 7.99. The second-order valence-electron chi connectivity index (χ2n) is 5.09. The number of carboxylic acids is 1. The number of carbonyl (C=O) groups excluding carboxylic acids is 1. The van der Waals surface area contributed by atoms with Gasteiger partial charge in [0.2, 0.25) is 5.91 Å². The van der Waals surface area contributed by atoms with Crippen molar-refractivity contribution in [1.82, 2.24) is 4.90 Å². The third-order valence-electron chi connectivity index (χ3n) is 2.96. The third kappa shape index (κ3) is 4.49. The summed E-state index contributed by atoms with van der Waals surface area (Å²) in [6, 6.07) is -0.726. The zero-order chi connectivity index (χ0) is 13.7. The van der Waals surface area contributed by atoms with Crippen LogP contribution in [0.3, 0.4) is 0 Å². The van der Waals surface area contributed by atoms with Crippen LogP contribution in [0.25, 0.3) is 0 Å². The first-order chi connectivity index (χ1) is 8.41. The van der Waals surface area contributed by atoms with E-state index in [0.29, 0.717) is 24.6 Å². The van der Waals surface area contributed by atoms with Crippen molar-refractivity contribution in [2.24, 2.45) is 11.7 Å². The van der Waals surface area contributed by atoms with E-state index in [2.05, 4.69) is 0 Å². The molecule has 2 atom stereocenters. The molecule has 0 aromatic heterocycles. The van der Waals surface area contributed by atoms with Crippen LogP contribution < -0.4 is 5.73 Å². The zero-order valence-corrected chi connectivity index (χ0v) is 11.8. The number of rotatable bonds is 5. The zero-order valence-electron chi connectivity index (χ0n) is 11.0. The van der Waals surface area contributed by atoms with Crippen molar-refractivity contribution in [1.29, 1.82) is 0 Å². The van der Waals surface area contributed by atoms with Crippen molar-refractivity contribution >= 4 is 23.6 Å². The van der Waals surface area contributed by atoms with Crippen molar-refractivity contribution in [2.75, 3.05) is 18.1 Å². The molecule has 6 heteroatoms. The van der Waals surface area contributed by atoms with Crippen LogP contribution in [-0.2, 0) is 9.59 Å². The molecule has 0 aromatic rings. The molecular weight excluding hydrogens is 252 g/mol. The highest BCUT2D eigenvalue weighted by Gasteiger charge is 2.31. The van der Waals surface area contributed by atoms with Gasteiger partial charge in [0, 0.05) is 18.1 Å². The van der Waals surface area contributed by atoms with E-state index in [1.165, 1.54) is 0 Å². The Morgan fingerprint density at radius 1 is 1.50 bits per heavy atom. The van der Waals surface area contributed by atoms with E-state index < -0.39 is 12.0 Å². The Balaban J connectivity index is 2.64. The second kappa shape index (κ2) is 6.99. The maximum atomic E-state index is 12.2. The van der Waals surface area contributed by atoms with Crippen molar-refractivity contribution in [2.45, 2.75) is 38.8 Å². The van der Waals surface area contributed by atoms with Gasteiger partial charge < -0.3 is 15.7 Å². The van der Waals surface area contributed by atoms with E-state index in [1.807, 2.05) is 13.8 Å². The lowest BCUT2D eigenvalue weighted by atomic mass is 10.0. The molecule has 1 aliphatic rings. The van der Waals surface area contributed by atoms with Gasteiger partial charge in [-0.15, -0.1) is 0 Å². The minimum Gasteiger partial charge on any atom is -0.481 e. The molecule has 1 amide bonds. The van der Waals surface area contributed by atoms with Gasteiger partial charge in [-0.2, -0.15) is 11.8 Å². The predicted octanol–water partition coefficient (Wildman–Crippen LogP) is 0.778. The Labute approximate surface area is 112 Å². The second-order valence-corrected chi connectivity index (χ2v) is 6.24. The summed E-state index contributed by atoms with van der Waals surface area (Å²) in [5.41, 5.74) is 5.90. The van der Waals surface area contributed by atoms with Crippen molar-refractivity contribution < 1.29 is 14.7 Å². The smallest absolute Gasteiger partial charge is 0.305 e. The number of amides is 1. The molecule has 1 aliphatic heterocycles. The fraction of sp³-hybridized carbons (Fsp3) is 0.833. The summed E-state index contributed by atoms with van der Waals surface area (Å²) in [7, 11) is 0. The fourth-order valence-corrected chi connectivity index (χ4v) is 3.20. The first kappa shape index (κ1) is 15.3. The summed E-state index contributed by atoms with van der Waals surface area (Å²) in [5, 5.41) is 8.87. The van der Waals surface area contributed by atoms with Crippen LogP contribution in [0.4, 0.5) is 0 Å². The lowest BCUT2D eigenvalue weighted by molar-refractivity contribution is -0.141. The number of carbonyl (C=O) groups is 2. The maximum absolute atomic E-state index is 12.2. The van der Waals surface area contributed by atoms with Gasteiger partial charge in [-0.3, -0.25) is 9.59 Å². The highest BCUT2D eigenvalue weighted by atomic mass is 32.2. The molecule has 0 bridgehead atoms. The maximum Gasteiger partial charge on any atom is 0.305 e. The molecule has 1 heterocycles. The van der Waals surface area contributed by atoms with Gasteiger partial charge in [0.25, 0.3) is 0 Å². The Hall–Kier alpha value is -0.750. The SMILES string of the molecule is CC(C)C[C@H](N)C(=O)N1CCSCC1CC(=O)O. The molecule has 0 aliphatic carbocycles. The average Bonchev–Trinajstić information content (AvgIpc) is 2.27. The van der Waals surface area contributed by atoms with Crippen molar-refractivity contribution in [3.63, 3.8) is 0 Å². The van der Waals surface area contributed by atoms with Crippen LogP contribution in [0.5, 0.6) is 0 Å². The minimum atomic E-state index is -0.863. The molecule has 3 N–H and O–H groups in total. The standard InChI is InChI=1S/C12H22N2O3S/c1-8(2)5-10(13)12(17)14-3-4-18-7-9(14)6-11(15)16/h8-10H,3-7,13H2,1-2H3,(H,15,16)/t9?,10-/m0/s1. The molecule has 1 unspecified atom stereocenters. The third-order valence-corrected chi connectivity index (χ3v) is 4.06. The molecule has 18 heavy (non-hydrogen) atoms. The molecule has 1 saturated heterocycles. The van der Waals surface area contributed by atoms with Crippen LogP contribution in [0, 0.1) is 5.92 Å². The van der Waals surface area contributed by atoms with Gasteiger partial charge in [-0.05, 0) is 12.3 Å².